The molecular weight excluding hydrogens is 331 g/mol. The summed E-state index contributed by atoms with van der Waals surface area (Å²) in [5.74, 6) is 0.345. The molecule has 0 aliphatic rings. The second kappa shape index (κ2) is 6.87. The maximum atomic E-state index is 9.67. The van der Waals surface area contributed by atoms with Gasteiger partial charge in [-0.15, -0.1) is 4.73 Å². The third-order valence-corrected chi connectivity index (χ3v) is 3.39. The number of ether oxygens (including phenoxy) is 2. The quantitative estimate of drug-likeness (QED) is 0.722. The Labute approximate surface area is 136 Å². The highest BCUT2D eigenvalue weighted by atomic mass is 35.5. The second-order valence-electron chi connectivity index (χ2n) is 4.34. The van der Waals surface area contributed by atoms with Crippen molar-refractivity contribution in [1.82, 2.24) is 9.71 Å². The topological polar surface area (TPSA) is 106 Å². The molecule has 0 amide bonds. The van der Waals surface area contributed by atoms with Crippen LogP contribution in [0, 0.1) is 5.41 Å². The van der Waals surface area contributed by atoms with E-state index in [1.807, 2.05) is 0 Å². The first-order valence-electron chi connectivity index (χ1n) is 6.21. The minimum absolute atomic E-state index is 0.0443. The zero-order valence-electron chi connectivity index (χ0n) is 11.6. The molecule has 2 rings (SSSR count). The average Bonchev–Trinajstić information content (AvgIpc) is 2.47. The first-order chi connectivity index (χ1) is 10.4. The fourth-order valence-electron chi connectivity index (χ4n) is 1.75. The zero-order chi connectivity index (χ0) is 16.3. The molecule has 0 saturated carbocycles. The smallest absolute Gasteiger partial charge is 0.260 e. The first kappa shape index (κ1) is 16.4. The highest BCUT2D eigenvalue weighted by Crippen LogP contribution is 2.33. The Morgan fingerprint density at radius 2 is 2.14 bits per heavy atom. The van der Waals surface area contributed by atoms with Crippen molar-refractivity contribution in [1.29, 1.82) is 5.41 Å². The number of rotatable bonds is 5. The van der Waals surface area contributed by atoms with Gasteiger partial charge in [0.15, 0.2) is 5.82 Å². The normalized spacial score (nSPS) is 10.7. The Hall–Kier alpha value is -1.96. The van der Waals surface area contributed by atoms with Gasteiger partial charge in [0.25, 0.3) is 5.62 Å². The lowest BCUT2D eigenvalue weighted by Gasteiger charge is -2.14. The molecule has 118 valence electrons. The maximum absolute atomic E-state index is 9.67. The van der Waals surface area contributed by atoms with E-state index in [1.54, 1.807) is 12.1 Å². The summed E-state index contributed by atoms with van der Waals surface area (Å²) in [6.45, 7) is 0.341. The molecule has 0 atom stereocenters. The molecule has 0 aliphatic heterocycles. The molecule has 2 aromatic rings. The van der Waals surface area contributed by atoms with Gasteiger partial charge in [-0.05, 0) is 18.2 Å². The average molecular weight is 345 g/mol. The summed E-state index contributed by atoms with van der Waals surface area (Å²) < 4.78 is 11.1. The van der Waals surface area contributed by atoms with Gasteiger partial charge in [-0.25, -0.2) is 0 Å². The number of methoxy groups -OCH3 is 1. The molecule has 0 saturated heterocycles. The fourth-order valence-corrected chi connectivity index (χ4v) is 2.20. The van der Waals surface area contributed by atoms with Crippen LogP contribution < -0.4 is 16.1 Å². The SMILES string of the molecule is COCCc1c(Oc2ccc(Cl)cc2Cl)nc(=N)n(O)c1N. The number of nitrogens with one attached hydrogen (secondary N) is 1. The molecule has 1 heterocycles. The van der Waals surface area contributed by atoms with E-state index in [2.05, 4.69) is 4.98 Å². The minimum atomic E-state index is -0.459. The summed E-state index contributed by atoms with van der Waals surface area (Å²) in [6.07, 6.45) is 0.344. The lowest BCUT2D eigenvalue weighted by molar-refractivity contribution is 0.166. The van der Waals surface area contributed by atoms with Crippen LogP contribution in [0.2, 0.25) is 10.0 Å². The summed E-state index contributed by atoms with van der Waals surface area (Å²) >= 11 is 11.9. The highest BCUT2D eigenvalue weighted by molar-refractivity contribution is 6.35. The maximum Gasteiger partial charge on any atom is 0.260 e. The van der Waals surface area contributed by atoms with Crippen LogP contribution in [0.15, 0.2) is 18.2 Å². The first-order valence-corrected chi connectivity index (χ1v) is 6.96. The van der Waals surface area contributed by atoms with Crippen LogP contribution >= 0.6 is 23.2 Å². The molecule has 0 fully saturated rings. The van der Waals surface area contributed by atoms with Crippen LogP contribution in [0.25, 0.3) is 0 Å². The molecule has 9 heteroatoms. The van der Waals surface area contributed by atoms with Gasteiger partial charge in [-0.2, -0.15) is 4.98 Å². The van der Waals surface area contributed by atoms with Crippen molar-refractivity contribution in [3.63, 3.8) is 0 Å². The molecule has 0 unspecified atom stereocenters. The summed E-state index contributed by atoms with van der Waals surface area (Å²) in [7, 11) is 1.53. The largest absolute Gasteiger partial charge is 0.437 e. The van der Waals surface area contributed by atoms with Gasteiger partial charge in [0, 0.05) is 18.6 Å². The summed E-state index contributed by atoms with van der Waals surface area (Å²) in [4.78, 5) is 3.88. The molecular formula is C13H14Cl2N4O3. The van der Waals surface area contributed by atoms with Crippen molar-refractivity contribution >= 4 is 29.0 Å². The number of nitrogens with zero attached hydrogens (tertiary/aromatic N) is 2. The van der Waals surface area contributed by atoms with Crippen LogP contribution in [0.5, 0.6) is 11.6 Å². The third kappa shape index (κ3) is 3.44. The molecule has 0 aliphatic carbocycles. The standard InChI is InChI=1S/C13H14Cl2N4O3/c1-21-5-4-8-11(16)19(20)13(17)18-12(8)22-10-3-2-7(14)6-9(10)15/h2-3,6,17,20H,4-5,16H2,1H3. The third-order valence-electron chi connectivity index (χ3n) is 2.86. The van der Waals surface area contributed by atoms with E-state index in [0.29, 0.717) is 34.1 Å². The Bertz CT molecular complexity index is 749. The number of nitrogen functional groups attached to an aromatic ring is 1. The number of benzene rings is 1. The highest BCUT2D eigenvalue weighted by Gasteiger charge is 2.16. The van der Waals surface area contributed by atoms with Gasteiger partial charge in [-0.1, -0.05) is 23.2 Å². The van der Waals surface area contributed by atoms with Gasteiger partial charge in [0.1, 0.15) is 5.75 Å². The zero-order valence-corrected chi connectivity index (χ0v) is 13.1. The van der Waals surface area contributed by atoms with Crippen LogP contribution in [0.4, 0.5) is 5.82 Å². The van der Waals surface area contributed by atoms with Crippen LogP contribution in [0.1, 0.15) is 5.56 Å². The number of hydrogen-bond acceptors (Lipinski definition) is 6. The lowest BCUT2D eigenvalue weighted by atomic mass is 10.2. The number of aromatic nitrogens is 2. The molecule has 1 aromatic heterocycles. The Morgan fingerprint density at radius 3 is 2.77 bits per heavy atom. The summed E-state index contributed by atoms with van der Waals surface area (Å²) in [5, 5.41) is 18.0. The van der Waals surface area contributed by atoms with Crippen molar-refractivity contribution in [2.24, 2.45) is 0 Å². The van der Waals surface area contributed by atoms with E-state index in [9.17, 15) is 5.21 Å². The van der Waals surface area contributed by atoms with Crippen molar-refractivity contribution in [2.75, 3.05) is 19.5 Å². The number of anilines is 1. The molecule has 0 radical (unpaired) electrons. The molecule has 22 heavy (non-hydrogen) atoms. The number of halogens is 2. The van der Waals surface area contributed by atoms with Crippen molar-refractivity contribution in [3.05, 3.63) is 39.4 Å². The van der Waals surface area contributed by atoms with Gasteiger partial charge >= 0.3 is 0 Å². The number of hydrogen-bond donors (Lipinski definition) is 3. The molecule has 1 aromatic carbocycles. The van der Waals surface area contributed by atoms with Crippen molar-refractivity contribution < 1.29 is 14.7 Å². The summed E-state index contributed by atoms with van der Waals surface area (Å²) in [6, 6.07) is 4.71. The fraction of sp³-hybridized carbons (Fsp3) is 0.231. The molecule has 4 N–H and O–H groups in total. The van der Waals surface area contributed by atoms with Gasteiger partial charge in [0.2, 0.25) is 5.88 Å². The van der Waals surface area contributed by atoms with Gasteiger partial charge in [-0.3, -0.25) is 5.41 Å². The summed E-state index contributed by atoms with van der Waals surface area (Å²) in [5.41, 5.74) is 5.75. The monoisotopic (exact) mass is 344 g/mol. The molecule has 0 bridgehead atoms. The minimum Gasteiger partial charge on any atom is -0.437 e. The van der Waals surface area contributed by atoms with Crippen molar-refractivity contribution in [2.45, 2.75) is 6.42 Å². The predicted octanol–water partition coefficient (Wildman–Crippen LogP) is 2.47. The van der Waals surface area contributed by atoms with E-state index >= 15 is 0 Å². The second-order valence-corrected chi connectivity index (χ2v) is 5.18. The molecule has 0 spiro atoms. The Kier molecular flexibility index (Phi) is 5.12. The van der Waals surface area contributed by atoms with Gasteiger partial charge < -0.3 is 20.4 Å². The van der Waals surface area contributed by atoms with E-state index < -0.39 is 5.62 Å². The van der Waals surface area contributed by atoms with E-state index in [0.717, 1.165) is 0 Å². The van der Waals surface area contributed by atoms with E-state index in [1.165, 1.54) is 13.2 Å². The molecule has 7 nitrogen and oxygen atoms in total. The number of nitrogens with two attached hydrogens (primary N) is 1. The predicted molar refractivity (Wildman–Crippen MR) is 81.8 cm³/mol. The van der Waals surface area contributed by atoms with Gasteiger partial charge in [0.05, 0.1) is 17.2 Å². The van der Waals surface area contributed by atoms with E-state index in [4.69, 9.17) is 43.8 Å². The van der Waals surface area contributed by atoms with Crippen LogP contribution in [-0.4, -0.2) is 28.6 Å². The van der Waals surface area contributed by atoms with Crippen LogP contribution in [-0.2, 0) is 11.2 Å². The Morgan fingerprint density at radius 1 is 1.41 bits per heavy atom. The Balaban J connectivity index is 2.46. The van der Waals surface area contributed by atoms with E-state index in [-0.39, 0.29) is 16.7 Å². The van der Waals surface area contributed by atoms with Crippen molar-refractivity contribution in [3.8, 4) is 11.6 Å². The lowest BCUT2D eigenvalue weighted by Crippen LogP contribution is -2.26. The van der Waals surface area contributed by atoms with Crippen LogP contribution in [0.3, 0.4) is 0 Å².